The van der Waals surface area contributed by atoms with Gasteiger partial charge in [0.05, 0.1) is 31.4 Å². The summed E-state index contributed by atoms with van der Waals surface area (Å²) in [6.07, 6.45) is 0.934. The topological polar surface area (TPSA) is 89.5 Å². The van der Waals surface area contributed by atoms with E-state index in [4.69, 9.17) is 9.47 Å². The third-order valence-electron chi connectivity index (χ3n) is 2.67. The molecule has 20 heavy (non-hydrogen) atoms. The number of hydrogen-bond acceptors (Lipinski definition) is 6. The molecule has 1 aliphatic rings. The molecule has 0 radical (unpaired) electrons. The molecule has 0 aromatic carbocycles. The highest BCUT2D eigenvalue weighted by atomic mass is 32.1. The van der Waals surface area contributed by atoms with Crippen LogP contribution in [0.15, 0.2) is 5.38 Å². The molecule has 2 amide bonds. The molecule has 1 atom stereocenters. The highest BCUT2D eigenvalue weighted by Gasteiger charge is 2.18. The molecule has 1 unspecified atom stereocenters. The zero-order valence-electron chi connectivity index (χ0n) is 11.2. The molecule has 1 aromatic heterocycles. The third kappa shape index (κ3) is 4.46. The van der Waals surface area contributed by atoms with E-state index < -0.39 is 0 Å². The minimum atomic E-state index is -0.322. The lowest BCUT2D eigenvalue weighted by Crippen LogP contribution is -2.38. The number of urea groups is 1. The fourth-order valence-corrected chi connectivity index (χ4v) is 2.48. The number of nitrogens with one attached hydrogen (secondary N) is 2. The van der Waals surface area contributed by atoms with E-state index >= 15 is 0 Å². The molecular formula is C12H17N3O4S. The van der Waals surface area contributed by atoms with Crippen LogP contribution in [-0.4, -0.2) is 42.8 Å². The van der Waals surface area contributed by atoms with Crippen LogP contribution in [0.2, 0.25) is 0 Å². The lowest BCUT2D eigenvalue weighted by molar-refractivity contribution is -0.142. The van der Waals surface area contributed by atoms with Crippen LogP contribution >= 0.6 is 11.3 Å². The summed E-state index contributed by atoms with van der Waals surface area (Å²) in [7, 11) is 0. The van der Waals surface area contributed by atoms with E-state index in [-0.39, 0.29) is 24.5 Å². The average Bonchev–Trinajstić information content (AvgIpc) is 3.02. The van der Waals surface area contributed by atoms with Crippen LogP contribution in [0.4, 0.5) is 9.93 Å². The van der Waals surface area contributed by atoms with E-state index in [1.54, 1.807) is 12.3 Å². The first-order valence-electron chi connectivity index (χ1n) is 6.42. The van der Waals surface area contributed by atoms with Crippen molar-refractivity contribution < 1.29 is 19.1 Å². The Morgan fingerprint density at radius 3 is 3.15 bits per heavy atom. The van der Waals surface area contributed by atoms with E-state index in [0.29, 0.717) is 30.6 Å². The minimum Gasteiger partial charge on any atom is -0.466 e. The summed E-state index contributed by atoms with van der Waals surface area (Å²) in [5.74, 6) is -0.322. The normalized spacial score (nSPS) is 17.8. The lowest BCUT2D eigenvalue weighted by Gasteiger charge is -2.10. The van der Waals surface area contributed by atoms with Crippen LogP contribution in [0, 0.1) is 0 Å². The van der Waals surface area contributed by atoms with E-state index in [2.05, 4.69) is 15.6 Å². The van der Waals surface area contributed by atoms with Gasteiger partial charge in [0.15, 0.2) is 5.13 Å². The van der Waals surface area contributed by atoms with Crippen molar-refractivity contribution in [2.45, 2.75) is 25.8 Å². The van der Waals surface area contributed by atoms with Gasteiger partial charge in [-0.1, -0.05) is 0 Å². The van der Waals surface area contributed by atoms with Gasteiger partial charge in [-0.3, -0.25) is 10.1 Å². The van der Waals surface area contributed by atoms with E-state index in [0.717, 1.165) is 6.42 Å². The Bertz CT molecular complexity index is 471. The molecule has 0 spiro atoms. The van der Waals surface area contributed by atoms with Crippen molar-refractivity contribution in [2.24, 2.45) is 0 Å². The van der Waals surface area contributed by atoms with Crippen LogP contribution in [-0.2, 0) is 20.7 Å². The highest BCUT2D eigenvalue weighted by Crippen LogP contribution is 2.16. The molecule has 2 heterocycles. The van der Waals surface area contributed by atoms with Crippen molar-refractivity contribution in [3.05, 3.63) is 11.1 Å². The maximum Gasteiger partial charge on any atom is 0.321 e. The van der Waals surface area contributed by atoms with Gasteiger partial charge in [-0.25, -0.2) is 9.78 Å². The number of esters is 1. The first kappa shape index (κ1) is 14.7. The molecule has 2 N–H and O–H groups in total. The zero-order valence-corrected chi connectivity index (χ0v) is 12.0. The highest BCUT2D eigenvalue weighted by molar-refractivity contribution is 7.13. The Morgan fingerprint density at radius 1 is 1.60 bits per heavy atom. The summed E-state index contributed by atoms with van der Waals surface area (Å²) in [5.41, 5.74) is 0.591. The summed E-state index contributed by atoms with van der Waals surface area (Å²) in [5, 5.41) is 7.63. The molecule has 8 heteroatoms. The monoisotopic (exact) mass is 299 g/mol. The number of amides is 2. The summed E-state index contributed by atoms with van der Waals surface area (Å²) in [6, 6.07) is -0.258. The Morgan fingerprint density at radius 2 is 2.45 bits per heavy atom. The second-order valence-corrected chi connectivity index (χ2v) is 5.14. The molecular weight excluding hydrogens is 282 g/mol. The average molecular weight is 299 g/mol. The van der Waals surface area contributed by atoms with Crippen molar-refractivity contribution in [2.75, 3.05) is 25.1 Å². The number of hydrogen-bond donors (Lipinski definition) is 2. The third-order valence-corrected chi connectivity index (χ3v) is 3.47. The fraction of sp³-hybridized carbons (Fsp3) is 0.583. The molecule has 110 valence electrons. The Kier molecular flexibility index (Phi) is 5.31. The van der Waals surface area contributed by atoms with Crippen LogP contribution < -0.4 is 10.6 Å². The van der Waals surface area contributed by atoms with Gasteiger partial charge in [0.25, 0.3) is 0 Å². The predicted molar refractivity (Wildman–Crippen MR) is 73.8 cm³/mol. The molecule has 1 aromatic rings. The molecule has 0 bridgehead atoms. The van der Waals surface area contributed by atoms with Crippen molar-refractivity contribution in [3.63, 3.8) is 0 Å². The summed E-state index contributed by atoms with van der Waals surface area (Å²) in [4.78, 5) is 27.2. The molecule has 1 saturated heterocycles. The number of carbonyl (C=O) groups excluding carboxylic acids is 2. The molecule has 0 saturated carbocycles. The number of ether oxygens (including phenoxy) is 2. The van der Waals surface area contributed by atoms with E-state index in [1.165, 1.54) is 11.3 Å². The quantitative estimate of drug-likeness (QED) is 0.796. The summed E-state index contributed by atoms with van der Waals surface area (Å²) < 4.78 is 10.0. The van der Waals surface area contributed by atoms with Crippen LogP contribution in [0.3, 0.4) is 0 Å². The van der Waals surface area contributed by atoms with Crippen LogP contribution in [0.1, 0.15) is 19.0 Å². The number of rotatable bonds is 5. The molecule has 2 rings (SSSR count). The van der Waals surface area contributed by atoms with Gasteiger partial charge in [-0.15, -0.1) is 11.3 Å². The minimum absolute atomic E-state index is 0.0500. The van der Waals surface area contributed by atoms with Crippen molar-refractivity contribution >= 4 is 28.5 Å². The maximum absolute atomic E-state index is 11.7. The van der Waals surface area contributed by atoms with Crippen molar-refractivity contribution in [1.29, 1.82) is 0 Å². The summed E-state index contributed by atoms with van der Waals surface area (Å²) in [6.45, 7) is 3.31. The predicted octanol–water partition coefficient (Wildman–Crippen LogP) is 1.16. The standard InChI is InChI=1S/C12H17N3O4S/c1-2-19-10(16)5-9-7-20-12(14-9)15-11(17)13-8-3-4-18-6-8/h7-8H,2-6H2,1H3,(H2,13,14,15,17). The van der Waals surface area contributed by atoms with E-state index in [1.807, 2.05) is 0 Å². The van der Waals surface area contributed by atoms with Crippen molar-refractivity contribution in [3.8, 4) is 0 Å². The van der Waals surface area contributed by atoms with Gasteiger partial charge in [0.1, 0.15) is 0 Å². The van der Waals surface area contributed by atoms with Gasteiger partial charge in [0, 0.05) is 12.0 Å². The number of thiazole rings is 1. The fourth-order valence-electron chi connectivity index (χ4n) is 1.77. The molecule has 1 aliphatic heterocycles. The Labute approximate surface area is 120 Å². The molecule has 7 nitrogen and oxygen atoms in total. The molecule has 0 aliphatic carbocycles. The zero-order chi connectivity index (χ0) is 14.4. The van der Waals surface area contributed by atoms with Crippen LogP contribution in [0.25, 0.3) is 0 Å². The number of carbonyl (C=O) groups is 2. The Balaban J connectivity index is 1.79. The largest absolute Gasteiger partial charge is 0.466 e. The van der Waals surface area contributed by atoms with Gasteiger partial charge >= 0.3 is 12.0 Å². The van der Waals surface area contributed by atoms with Gasteiger partial charge in [-0.05, 0) is 13.3 Å². The second kappa shape index (κ2) is 7.20. The van der Waals surface area contributed by atoms with Crippen molar-refractivity contribution in [1.82, 2.24) is 10.3 Å². The number of aromatic nitrogens is 1. The van der Waals surface area contributed by atoms with Gasteiger partial charge in [0.2, 0.25) is 0 Å². The number of nitrogens with zero attached hydrogens (tertiary/aromatic N) is 1. The summed E-state index contributed by atoms with van der Waals surface area (Å²) >= 11 is 1.27. The smallest absolute Gasteiger partial charge is 0.321 e. The molecule has 1 fully saturated rings. The first-order valence-corrected chi connectivity index (χ1v) is 7.30. The van der Waals surface area contributed by atoms with E-state index in [9.17, 15) is 9.59 Å². The first-order chi connectivity index (χ1) is 9.67. The van der Waals surface area contributed by atoms with Gasteiger partial charge < -0.3 is 14.8 Å². The second-order valence-electron chi connectivity index (χ2n) is 4.28. The number of anilines is 1. The SMILES string of the molecule is CCOC(=O)Cc1csc(NC(=O)NC2CCOC2)n1. The maximum atomic E-state index is 11.7. The Hall–Kier alpha value is -1.67. The van der Waals surface area contributed by atoms with Gasteiger partial charge in [-0.2, -0.15) is 0 Å². The van der Waals surface area contributed by atoms with Crippen LogP contribution in [0.5, 0.6) is 0 Å². The lowest BCUT2D eigenvalue weighted by atomic mass is 10.3.